The highest BCUT2D eigenvalue weighted by atomic mass is 16.3. The number of nitrogens with zero attached hydrogens (tertiary/aromatic N) is 2. The Morgan fingerprint density at radius 1 is 1.00 bits per heavy atom. The summed E-state index contributed by atoms with van der Waals surface area (Å²) >= 11 is 0. The molecule has 2 N–H and O–H groups in total. The van der Waals surface area contributed by atoms with E-state index in [1.54, 1.807) is 13.8 Å². The maximum atomic E-state index is 8.97. The van der Waals surface area contributed by atoms with Gasteiger partial charge in [0.2, 0.25) is 11.8 Å². The number of rotatable bonds is 0. The minimum atomic E-state index is -0.162. The predicted octanol–water partition coefficient (Wildman–Crippen LogP) is 0.505. The van der Waals surface area contributed by atoms with E-state index in [0.717, 1.165) is 0 Å². The van der Waals surface area contributed by atoms with Gasteiger partial charge in [0, 0.05) is 0 Å². The van der Waals surface area contributed by atoms with Gasteiger partial charge in [-0.1, -0.05) is 0 Å². The zero-order valence-corrected chi connectivity index (χ0v) is 5.79. The quantitative estimate of drug-likeness (QED) is 0.550. The van der Waals surface area contributed by atoms with Crippen molar-refractivity contribution in [3.63, 3.8) is 0 Å². The molecule has 0 saturated carbocycles. The molecule has 0 aliphatic rings. The van der Waals surface area contributed by atoms with Gasteiger partial charge in [-0.25, -0.2) is 0 Å². The molecule has 10 heavy (non-hydrogen) atoms. The number of aryl methyl sites for hydroxylation is 1. The van der Waals surface area contributed by atoms with Crippen molar-refractivity contribution in [1.29, 1.82) is 0 Å². The molecule has 1 heterocycles. The molecule has 0 aliphatic heterocycles. The van der Waals surface area contributed by atoms with Crippen LogP contribution in [-0.2, 0) is 0 Å². The lowest BCUT2D eigenvalue weighted by atomic mass is 10.3. The molecule has 0 spiro atoms. The van der Waals surface area contributed by atoms with Crippen molar-refractivity contribution in [2.24, 2.45) is 0 Å². The van der Waals surface area contributed by atoms with Gasteiger partial charge >= 0.3 is 0 Å². The molecule has 1 aromatic heterocycles. The summed E-state index contributed by atoms with van der Waals surface area (Å²) in [5, 5.41) is 17.9. The largest absolute Gasteiger partial charge is 0.493 e. The molecule has 1 rings (SSSR count). The first kappa shape index (κ1) is 6.80. The van der Waals surface area contributed by atoms with Crippen molar-refractivity contribution >= 4 is 0 Å². The normalized spacial score (nSPS) is 9.80. The molecule has 0 aliphatic carbocycles. The van der Waals surface area contributed by atoms with Crippen LogP contribution in [0.15, 0.2) is 0 Å². The lowest BCUT2D eigenvalue weighted by Gasteiger charge is -1.99. The minimum absolute atomic E-state index is 0.162. The number of aromatic hydroxyl groups is 2. The van der Waals surface area contributed by atoms with Crippen LogP contribution in [0.4, 0.5) is 0 Å². The number of aromatic nitrogens is 2. The van der Waals surface area contributed by atoms with Crippen LogP contribution in [0, 0.1) is 13.8 Å². The molecule has 0 amide bonds. The second-order valence-electron chi connectivity index (χ2n) is 2.04. The van der Waals surface area contributed by atoms with Gasteiger partial charge in [-0.05, 0) is 13.8 Å². The molecule has 0 saturated heterocycles. The van der Waals surface area contributed by atoms with Crippen LogP contribution < -0.4 is 0 Å². The molecular weight excluding hydrogens is 132 g/mol. The molecule has 4 nitrogen and oxygen atoms in total. The van der Waals surface area contributed by atoms with Crippen LogP contribution in [0.1, 0.15) is 11.4 Å². The highest BCUT2D eigenvalue weighted by Gasteiger charge is 2.04. The van der Waals surface area contributed by atoms with Gasteiger partial charge in [0.05, 0.1) is 5.56 Å². The Balaban J connectivity index is 3.31. The fourth-order valence-electron chi connectivity index (χ4n) is 0.599. The van der Waals surface area contributed by atoms with E-state index in [2.05, 4.69) is 9.97 Å². The van der Waals surface area contributed by atoms with Crippen molar-refractivity contribution in [3.8, 4) is 11.8 Å². The standard InChI is InChI=1S/C6H8N2O2/c1-3-5(9)7-4(2)8-6(3)10/h1-2H3,(H2,7,8,9,10). The Kier molecular flexibility index (Phi) is 1.45. The van der Waals surface area contributed by atoms with E-state index in [9.17, 15) is 0 Å². The van der Waals surface area contributed by atoms with Crippen LogP contribution in [0.2, 0.25) is 0 Å². The van der Waals surface area contributed by atoms with Gasteiger partial charge < -0.3 is 10.2 Å². The van der Waals surface area contributed by atoms with E-state index in [0.29, 0.717) is 11.4 Å². The van der Waals surface area contributed by atoms with Crippen LogP contribution in [0.25, 0.3) is 0 Å². The van der Waals surface area contributed by atoms with Gasteiger partial charge in [-0.3, -0.25) is 0 Å². The second kappa shape index (κ2) is 2.13. The third-order valence-electron chi connectivity index (χ3n) is 1.21. The average molecular weight is 140 g/mol. The molecule has 0 unspecified atom stereocenters. The zero-order valence-electron chi connectivity index (χ0n) is 5.79. The van der Waals surface area contributed by atoms with Gasteiger partial charge in [-0.15, -0.1) is 0 Å². The maximum absolute atomic E-state index is 8.97. The Morgan fingerprint density at radius 2 is 1.40 bits per heavy atom. The molecule has 54 valence electrons. The average Bonchev–Trinajstić information content (AvgIpc) is 1.82. The summed E-state index contributed by atoms with van der Waals surface area (Å²) in [6.07, 6.45) is 0. The van der Waals surface area contributed by atoms with E-state index in [1.165, 1.54) is 0 Å². The first-order valence-corrected chi connectivity index (χ1v) is 2.84. The van der Waals surface area contributed by atoms with Gasteiger partial charge in [-0.2, -0.15) is 9.97 Å². The smallest absolute Gasteiger partial charge is 0.221 e. The second-order valence-corrected chi connectivity index (χ2v) is 2.04. The first-order valence-electron chi connectivity index (χ1n) is 2.84. The van der Waals surface area contributed by atoms with Crippen molar-refractivity contribution in [2.45, 2.75) is 13.8 Å². The fourth-order valence-corrected chi connectivity index (χ4v) is 0.599. The molecule has 0 aromatic carbocycles. The predicted molar refractivity (Wildman–Crippen MR) is 34.8 cm³/mol. The topological polar surface area (TPSA) is 66.2 Å². The van der Waals surface area contributed by atoms with Crippen molar-refractivity contribution in [2.75, 3.05) is 0 Å². The summed E-state index contributed by atoms with van der Waals surface area (Å²) < 4.78 is 0. The van der Waals surface area contributed by atoms with Crippen molar-refractivity contribution in [3.05, 3.63) is 11.4 Å². The summed E-state index contributed by atoms with van der Waals surface area (Å²) in [6.45, 7) is 3.14. The lowest BCUT2D eigenvalue weighted by Crippen LogP contribution is -1.90. The molecule has 0 radical (unpaired) electrons. The summed E-state index contributed by atoms with van der Waals surface area (Å²) in [6, 6.07) is 0. The summed E-state index contributed by atoms with van der Waals surface area (Å²) in [5.41, 5.74) is 0.311. The molecule has 1 aromatic rings. The Morgan fingerprint density at radius 3 is 1.80 bits per heavy atom. The molecule has 4 heteroatoms. The monoisotopic (exact) mass is 140 g/mol. The van der Waals surface area contributed by atoms with Crippen molar-refractivity contribution in [1.82, 2.24) is 9.97 Å². The SMILES string of the molecule is Cc1nc(O)c(C)c(O)n1. The van der Waals surface area contributed by atoms with E-state index in [4.69, 9.17) is 10.2 Å². The third-order valence-corrected chi connectivity index (χ3v) is 1.21. The van der Waals surface area contributed by atoms with Crippen LogP contribution in [0.5, 0.6) is 11.8 Å². The molecular formula is C6H8N2O2. The van der Waals surface area contributed by atoms with E-state index in [-0.39, 0.29) is 11.8 Å². The van der Waals surface area contributed by atoms with Crippen LogP contribution in [0.3, 0.4) is 0 Å². The van der Waals surface area contributed by atoms with E-state index >= 15 is 0 Å². The Labute approximate surface area is 58.2 Å². The summed E-state index contributed by atoms with van der Waals surface area (Å²) in [5.74, 6) is 0.0376. The maximum Gasteiger partial charge on any atom is 0.221 e. The highest BCUT2D eigenvalue weighted by molar-refractivity contribution is 5.31. The Bertz CT molecular complexity index is 237. The van der Waals surface area contributed by atoms with Gasteiger partial charge in [0.15, 0.2) is 0 Å². The van der Waals surface area contributed by atoms with E-state index in [1.807, 2.05) is 0 Å². The minimum Gasteiger partial charge on any atom is -0.493 e. The van der Waals surface area contributed by atoms with Gasteiger partial charge in [0.25, 0.3) is 0 Å². The lowest BCUT2D eigenvalue weighted by molar-refractivity contribution is 0.411. The highest BCUT2D eigenvalue weighted by Crippen LogP contribution is 2.20. The fraction of sp³-hybridized carbons (Fsp3) is 0.333. The number of hydrogen-bond donors (Lipinski definition) is 2. The number of hydrogen-bond acceptors (Lipinski definition) is 4. The van der Waals surface area contributed by atoms with Crippen LogP contribution in [-0.4, -0.2) is 20.2 Å². The Hall–Kier alpha value is -1.32. The molecule has 0 atom stereocenters. The van der Waals surface area contributed by atoms with E-state index < -0.39 is 0 Å². The zero-order chi connectivity index (χ0) is 7.72. The molecule has 0 fully saturated rings. The third kappa shape index (κ3) is 1.00. The van der Waals surface area contributed by atoms with Gasteiger partial charge in [0.1, 0.15) is 5.82 Å². The summed E-state index contributed by atoms with van der Waals surface area (Å²) in [7, 11) is 0. The summed E-state index contributed by atoms with van der Waals surface area (Å²) in [4.78, 5) is 7.24. The van der Waals surface area contributed by atoms with Crippen LogP contribution >= 0.6 is 0 Å². The molecule has 0 bridgehead atoms. The first-order chi connectivity index (χ1) is 4.61. The van der Waals surface area contributed by atoms with Crippen molar-refractivity contribution < 1.29 is 10.2 Å².